The van der Waals surface area contributed by atoms with Crippen LogP contribution in [0.4, 0.5) is 0 Å². The molecule has 0 aliphatic heterocycles. The average Bonchev–Trinajstić information content (AvgIpc) is 2.91. The zero-order valence-electron chi connectivity index (χ0n) is 7.00. The fourth-order valence-electron chi connectivity index (χ4n) is 1.41. The van der Waals surface area contributed by atoms with E-state index in [-0.39, 0.29) is 6.10 Å². The van der Waals surface area contributed by atoms with Crippen molar-refractivity contribution in [3.8, 4) is 0 Å². The molecule has 0 bridgehead atoms. The number of rotatable bonds is 2. The molecular weight excluding hydrogens is 296 g/mol. The lowest BCUT2D eigenvalue weighted by atomic mass is 10.1. The van der Waals surface area contributed by atoms with E-state index < -0.39 is 0 Å². The van der Waals surface area contributed by atoms with Gasteiger partial charge in [-0.2, -0.15) is 0 Å². The minimum atomic E-state index is -0.299. The summed E-state index contributed by atoms with van der Waals surface area (Å²) in [5, 5.41) is 9.91. The molecule has 1 unspecified atom stereocenters. The topological polar surface area (TPSA) is 20.2 Å². The smallest absolute Gasteiger partial charge is 0.0829 e. The summed E-state index contributed by atoms with van der Waals surface area (Å²) in [5.74, 6) is 0.477. The van der Waals surface area contributed by atoms with E-state index in [1.807, 2.05) is 18.2 Å². The number of halogens is 2. The van der Waals surface area contributed by atoms with Gasteiger partial charge in [0.05, 0.1) is 6.10 Å². The molecule has 1 N–H and O–H groups in total. The van der Waals surface area contributed by atoms with E-state index in [0.717, 1.165) is 27.4 Å². The second-order valence-corrected chi connectivity index (χ2v) is 5.22. The van der Waals surface area contributed by atoms with Gasteiger partial charge < -0.3 is 5.11 Å². The van der Waals surface area contributed by atoms with E-state index in [2.05, 4.69) is 31.9 Å². The predicted molar refractivity (Wildman–Crippen MR) is 59.5 cm³/mol. The average molecular weight is 306 g/mol. The Morgan fingerprint density at radius 3 is 2.62 bits per heavy atom. The van der Waals surface area contributed by atoms with Crippen molar-refractivity contribution in [2.45, 2.75) is 18.9 Å². The van der Waals surface area contributed by atoms with E-state index >= 15 is 0 Å². The molecule has 0 saturated heterocycles. The molecule has 1 saturated carbocycles. The summed E-state index contributed by atoms with van der Waals surface area (Å²) in [6.07, 6.45) is 2.01. The third-order valence-corrected chi connectivity index (χ3v) is 3.56. The third kappa shape index (κ3) is 2.14. The molecule has 70 valence electrons. The van der Waals surface area contributed by atoms with Crippen LogP contribution in [0.3, 0.4) is 0 Å². The highest BCUT2D eigenvalue weighted by Crippen LogP contribution is 2.43. The summed E-state index contributed by atoms with van der Waals surface area (Å²) in [6, 6.07) is 5.91. The lowest BCUT2D eigenvalue weighted by Gasteiger charge is -2.11. The van der Waals surface area contributed by atoms with Gasteiger partial charge in [-0.3, -0.25) is 0 Å². The Labute approximate surface area is 94.4 Å². The first-order valence-electron chi connectivity index (χ1n) is 4.31. The van der Waals surface area contributed by atoms with Gasteiger partial charge in [0.2, 0.25) is 0 Å². The normalized spacial score (nSPS) is 18.7. The van der Waals surface area contributed by atoms with Gasteiger partial charge in [-0.1, -0.05) is 31.9 Å². The van der Waals surface area contributed by atoms with Crippen LogP contribution in [0.15, 0.2) is 27.1 Å². The maximum atomic E-state index is 9.91. The first-order valence-corrected chi connectivity index (χ1v) is 5.90. The highest BCUT2D eigenvalue weighted by atomic mass is 79.9. The Bertz CT molecular complexity index is 321. The molecule has 1 aromatic rings. The second-order valence-electron chi connectivity index (χ2n) is 3.45. The van der Waals surface area contributed by atoms with Crippen molar-refractivity contribution in [3.63, 3.8) is 0 Å². The molecule has 0 heterocycles. The highest BCUT2D eigenvalue weighted by Gasteiger charge is 2.31. The van der Waals surface area contributed by atoms with E-state index in [0.29, 0.717) is 5.92 Å². The molecule has 0 amide bonds. The standard InChI is InChI=1S/C10H10Br2O/c11-7-3-4-9(12)8(5-7)10(13)6-1-2-6/h3-6,10,13H,1-2H2. The summed E-state index contributed by atoms with van der Waals surface area (Å²) in [7, 11) is 0. The summed E-state index contributed by atoms with van der Waals surface area (Å²) < 4.78 is 2.01. The Balaban J connectivity index is 2.31. The van der Waals surface area contributed by atoms with Gasteiger partial charge in [-0.15, -0.1) is 0 Å². The molecule has 2 rings (SSSR count). The summed E-state index contributed by atoms with van der Waals surface area (Å²) in [6.45, 7) is 0. The van der Waals surface area contributed by atoms with Crippen molar-refractivity contribution >= 4 is 31.9 Å². The van der Waals surface area contributed by atoms with Gasteiger partial charge >= 0.3 is 0 Å². The Morgan fingerprint density at radius 2 is 2.00 bits per heavy atom. The number of aliphatic hydroxyl groups excluding tert-OH is 1. The van der Waals surface area contributed by atoms with Crippen molar-refractivity contribution in [3.05, 3.63) is 32.7 Å². The number of benzene rings is 1. The van der Waals surface area contributed by atoms with E-state index in [1.54, 1.807) is 0 Å². The van der Waals surface area contributed by atoms with Gasteiger partial charge in [0, 0.05) is 8.95 Å². The zero-order valence-corrected chi connectivity index (χ0v) is 10.2. The molecule has 3 heteroatoms. The van der Waals surface area contributed by atoms with Crippen molar-refractivity contribution in [1.29, 1.82) is 0 Å². The third-order valence-electron chi connectivity index (χ3n) is 2.35. The molecule has 0 aromatic heterocycles. The molecule has 1 aliphatic rings. The number of aliphatic hydroxyl groups is 1. The summed E-state index contributed by atoms with van der Waals surface area (Å²) >= 11 is 6.85. The quantitative estimate of drug-likeness (QED) is 0.884. The maximum absolute atomic E-state index is 9.91. The van der Waals surface area contributed by atoms with Crippen molar-refractivity contribution in [2.75, 3.05) is 0 Å². The van der Waals surface area contributed by atoms with Crippen LogP contribution in [0.5, 0.6) is 0 Å². The molecule has 1 aliphatic carbocycles. The number of hydrogen-bond donors (Lipinski definition) is 1. The van der Waals surface area contributed by atoms with E-state index in [1.165, 1.54) is 0 Å². The molecular formula is C10H10Br2O. The van der Waals surface area contributed by atoms with Crippen molar-refractivity contribution in [1.82, 2.24) is 0 Å². The maximum Gasteiger partial charge on any atom is 0.0829 e. The zero-order chi connectivity index (χ0) is 9.42. The van der Waals surface area contributed by atoms with Gasteiger partial charge in [0.15, 0.2) is 0 Å². The fraction of sp³-hybridized carbons (Fsp3) is 0.400. The summed E-state index contributed by atoms with van der Waals surface area (Å²) in [5.41, 5.74) is 0.997. The van der Waals surface area contributed by atoms with Crippen LogP contribution in [0.1, 0.15) is 24.5 Å². The lowest BCUT2D eigenvalue weighted by molar-refractivity contribution is 0.153. The van der Waals surface area contributed by atoms with Crippen LogP contribution >= 0.6 is 31.9 Å². The van der Waals surface area contributed by atoms with Gasteiger partial charge in [-0.25, -0.2) is 0 Å². The van der Waals surface area contributed by atoms with Crippen LogP contribution in [-0.4, -0.2) is 5.11 Å². The second kappa shape index (κ2) is 3.71. The van der Waals surface area contributed by atoms with E-state index in [4.69, 9.17) is 0 Å². The fourth-order valence-corrected chi connectivity index (χ4v) is 2.27. The first-order chi connectivity index (χ1) is 6.18. The Morgan fingerprint density at radius 1 is 1.31 bits per heavy atom. The molecule has 1 aromatic carbocycles. The Kier molecular flexibility index (Phi) is 2.77. The molecule has 0 radical (unpaired) electrons. The molecule has 1 nitrogen and oxygen atoms in total. The van der Waals surface area contributed by atoms with Crippen molar-refractivity contribution in [2.24, 2.45) is 5.92 Å². The molecule has 1 fully saturated rings. The lowest BCUT2D eigenvalue weighted by Crippen LogP contribution is -2.00. The summed E-state index contributed by atoms with van der Waals surface area (Å²) in [4.78, 5) is 0. The number of hydrogen-bond acceptors (Lipinski definition) is 1. The Hall–Kier alpha value is 0.140. The first kappa shape index (κ1) is 9.69. The van der Waals surface area contributed by atoms with Crippen LogP contribution in [0.2, 0.25) is 0 Å². The van der Waals surface area contributed by atoms with E-state index in [9.17, 15) is 5.11 Å². The SMILES string of the molecule is OC(c1cc(Br)ccc1Br)C1CC1. The van der Waals surface area contributed by atoms with Gasteiger partial charge in [0.25, 0.3) is 0 Å². The van der Waals surface area contributed by atoms with Crippen molar-refractivity contribution < 1.29 is 5.11 Å². The minimum absolute atomic E-state index is 0.299. The molecule has 1 atom stereocenters. The monoisotopic (exact) mass is 304 g/mol. The van der Waals surface area contributed by atoms with Gasteiger partial charge in [-0.05, 0) is 42.5 Å². The largest absolute Gasteiger partial charge is 0.388 e. The minimum Gasteiger partial charge on any atom is -0.388 e. The molecule has 0 spiro atoms. The van der Waals surface area contributed by atoms with Gasteiger partial charge in [0.1, 0.15) is 0 Å². The molecule has 13 heavy (non-hydrogen) atoms. The predicted octanol–water partition coefficient (Wildman–Crippen LogP) is 3.66. The van der Waals surface area contributed by atoms with Crippen LogP contribution in [0, 0.1) is 5.92 Å². The van der Waals surface area contributed by atoms with Crippen LogP contribution < -0.4 is 0 Å². The highest BCUT2D eigenvalue weighted by molar-refractivity contribution is 9.11. The van der Waals surface area contributed by atoms with Crippen LogP contribution in [-0.2, 0) is 0 Å². The van der Waals surface area contributed by atoms with Crippen LogP contribution in [0.25, 0.3) is 0 Å².